The Labute approximate surface area is 121 Å². The van der Waals surface area contributed by atoms with Crippen LogP contribution in [0.3, 0.4) is 0 Å². The third kappa shape index (κ3) is 4.32. The van der Waals surface area contributed by atoms with Crippen molar-refractivity contribution in [3.05, 3.63) is 35.9 Å². The van der Waals surface area contributed by atoms with Crippen molar-refractivity contribution in [2.24, 2.45) is 11.7 Å². The average molecular weight is 275 g/mol. The van der Waals surface area contributed by atoms with Crippen molar-refractivity contribution < 1.29 is 4.79 Å². The van der Waals surface area contributed by atoms with E-state index >= 15 is 0 Å². The lowest BCUT2D eigenvalue weighted by molar-refractivity contribution is -0.125. The first-order valence-corrected chi connectivity index (χ1v) is 7.35. The van der Waals surface area contributed by atoms with E-state index in [0.717, 1.165) is 6.54 Å². The van der Waals surface area contributed by atoms with Crippen LogP contribution in [0.1, 0.15) is 25.3 Å². The summed E-state index contributed by atoms with van der Waals surface area (Å²) in [5.41, 5.74) is 7.21. The fraction of sp³-hybridized carbons (Fsp3) is 0.562. The standard InChI is InChI=1S/C16H25N3O/c1-12(16(20)18-10-15(17)14-8-9-14)19(2)11-13-6-4-3-5-7-13/h3-7,12,14-15H,8-11,17H2,1-2H3,(H,18,20). The molecule has 2 unspecified atom stereocenters. The summed E-state index contributed by atoms with van der Waals surface area (Å²) >= 11 is 0. The van der Waals surface area contributed by atoms with Crippen LogP contribution in [0.2, 0.25) is 0 Å². The molecule has 0 aromatic heterocycles. The molecule has 0 saturated heterocycles. The lowest BCUT2D eigenvalue weighted by Crippen LogP contribution is -2.47. The Morgan fingerprint density at radius 1 is 1.40 bits per heavy atom. The second-order valence-corrected chi connectivity index (χ2v) is 5.82. The number of carbonyl (C=O) groups is 1. The summed E-state index contributed by atoms with van der Waals surface area (Å²) < 4.78 is 0. The van der Waals surface area contributed by atoms with Gasteiger partial charge < -0.3 is 11.1 Å². The van der Waals surface area contributed by atoms with Gasteiger partial charge in [-0.25, -0.2) is 0 Å². The van der Waals surface area contributed by atoms with Crippen LogP contribution in [0.5, 0.6) is 0 Å². The third-order valence-electron chi connectivity index (χ3n) is 4.05. The van der Waals surface area contributed by atoms with Gasteiger partial charge in [0.05, 0.1) is 6.04 Å². The van der Waals surface area contributed by atoms with Gasteiger partial charge in [-0.05, 0) is 38.3 Å². The molecule has 4 heteroatoms. The van der Waals surface area contributed by atoms with Gasteiger partial charge in [0.2, 0.25) is 5.91 Å². The SMILES string of the molecule is CC(C(=O)NCC(N)C1CC1)N(C)Cc1ccccc1. The number of nitrogens with zero attached hydrogens (tertiary/aromatic N) is 1. The number of nitrogens with two attached hydrogens (primary N) is 1. The highest BCUT2D eigenvalue weighted by Gasteiger charge is 2.29. The molecule has 4 nitrogen and oxygen atoms in total. The Morgan fingerprint density at radius 3 is 2.65 bits per heavy atom. The van der Waals surface area contributed by atoms with Crippen LogP contribution in [0.25, 0.3) is 0 Å². The summed E-state index contributed by atoms with van der Waals surface area (Å²) in [5.74, 6) is 0.673. The van der Waals surface area contributed by atoms with Gasteiger partial charge in [-0.1, -0.05) is 30.3 Å². The minimum Gasteiger partial charge on any atom is -0.353 e. The zero-order valence-corrected chi connectivity index (χ0v) is 12.4. The van der Waals surface area contributed by atoms with E-state index in [1.54, 1.807) is 0 Å². The Morgan fingerprint density at radius 2 is 2.05 bits per heavy atom. The molecule has 0 bridgehead atoms. The first-order valence-electron chi connectivity index (χ1n) is 7.35. The number of benzene rings is 1. The summed E-state index contributed by atoms with van der Waals surface area (Å²) in [4.78, 5) is 14.2. The molecule has 0 spiro atoms. The van der Waals surface area contributed by atoms with Crippen molar-refractivity contribution in [2.45, 2.75) is 38.4 Å². The van der Waals surface area contributed by atoms with Gasteiger partial charge in [0, 0.05) is 19.1 Å². The van der Waals surface area contributed by atoms with Gasteiger partial charge in [0.1, 0.15) is 0 Å². The first kappa shape index (κ1) is 15.0. The lowest BCUT2D eigenvalue weighted by Gasteiger charge is -2.24. The molecule has 2 rings (SSSR count). The predicted octanol–water partition coefficient (Wildman–Crippen LogP) is 1.36. The number of amides is 1. The minimum atomic E-state index is -0.151. The number of hydrogen-bond donors (Lipinski definition) is 2. The van der Waals surface area contributed by atoms with Gasteiger partial charge in [0.15, 0.2) is 0 Å². The molecule has 1 aromatic carbocycles. The van der Waals surface area contributed by atoms with E-state index in [1.807, 2.05) is 37.1 Å². The van der Waals surface area contributed by atoms with Crippen LogP contribution in [0, 0.1) is 5.92 Å². The number of nitrogens with one attached hydrogen (secondary N) is 1. The molecule has 0 aliphatic heterocycles. The molecule has 20 heavy (non-hydrogen) atoms. The fourth-order valence-corrected chi connectivity index (χ4v) is 2.27. The highest BCUT2D eigenvalue weighted by Crippen LogP contribution is 2.31. The maximum absolute atomic E-state index is 12.1. The van der Waals surface area contributed by atoms with Crippen molar-refractivity contribution in [3.8, 4) is 0 Å². The fourth-order valence-electron chi connectivity index (χ4n) is 2.27. The average Bonchev–Trinajstić information content (AvgIpc) is 3.29. The number of rotatable bonds is 7. The zero-order chi connectivity index (χ0) is 14.5. The Balaban J connectivity index is 1.76. The van der Waals surface area contributed by atoms with Crippen molar-refractivity contribution in [3.63, 3.8) is 0 Å². The second kappa shape index (κ2) is 6.86. The quantitative estimate of drug-likeness (QED) is 0.790. The molecule has 3 N–H and O–H groups in total. The van der Waals surface area contributed by atoms with Crippen molar-refractivity contribution in [1.29, 1.82) is 0 Å². The Kier molecular flexibility index (Phi) is 5.15. The molecule has 1 fully saturated rings. The third-order valence-corrected chi connectivity index (χ3v) is 4.05. The summed E-state index contributed by atoms with van der Waals surface area (Å²) in [6.07, 6.45) is 2.42. The lowest BCUT2D eigenvalue weighted by atomic mass is 10.1. The van der Waals surface area contributed by atoms with Gasteiger partial charge >= 0.3 is 0 Å². The van der Waals surface area contributed by atoms with Crippen LogP contribution in [-0.4, -0.2) is 36.5 Å². The maximum atomic E-state index is 12.1. The Bertz CT molecular complexity index is 431. The first-order chi connectivity index (χ1) is 9.58. The van der Waals surface area contributed by atoms with E-state index in [4.69, 9.17) is 5.73 Å². The summed E-state index contributed by atoms with van der Waals surface area (Å²) in [6.45, 7) is 3.29. The highest BCUT2D eigenvalue weighted by atomic mass is 16.2. The van der Waals surface area contributed by atoms with E-state index in [1.165, 1.54) is 18.4 Å². The molecule has 1 aromatic rings. The molecule has 2 atom stereocenters. The van der Waals surface area contributed by atoms with Gasteiger partial charge in [-0.3, -0.25) is 9.69 Å². The molecule has 1 aliphatic rings. The summed E-state index contributed by atoms with van der Waals surface area (Å²) in [7, 11) is 1.97. The molecule has 110 valence electrons. The molecule has 0 heterocycles. The van der Waals surface area contributed by atoms with Crippen LogP contribution >= 0.6 is 0 Å². The van der Waals surface area contributed by atoms with E-state index in [0.29, 0.717) is 12.5 Å². The predicted molar refractivity (Wildman–Crippen MR) is 81.1 cm³/mol. The molecular formula is C16H25N3O. The molecular weight excluding hydrogens is 250 g/mol. The normalized spacial score (nSPS) is 17.8. The van der Waals surface area contributed by atoms with E-state index in [2.05, 4.69) is 17.4 Å². The van der Waals surface area contributed by atoms with Gasteiger partial charge in [-0.15, -0.1) is 0 Å². The van der Waals surface area contributed by atoms with E-state index < -0.39 is 0 Å². The number of carbonyl (C=O) groups excluding carboxylic acids is 1. The van der Waals surface area contributed by atoms with Crippen LogP contribution < -0.4 is 11.1 Å². The maximum Gasteiger partial charge on any atom is 0.237 e. The highest BCUT2D eigenvalue weighted by molar-refractivity contribution is 5.81. The van der Waals surface area contributed by atoms with Crippen LogP contribution in [0.15, 0.2) is 30.3 Å². The largest absolute Gasteiger partial charge is 0.353 e. The Hall–Kier alpha value is -1.39. The van der Waals surface area contributed by atoms with E-state index in [9.17, 15) is 4.79 Å². The smallest absolute Gasteiger partial charge is 0.237 e. The molecule has 0 radical (unpaired) electrons. The zero-order valence-electron chi connectivity index (χ0n) is 12.4. The molecule has 1 saturated carbocycles. The molecule has 1 amide bonds. The minimum absolute atomic E-state index is 0.0551. The second-order valence-electron chi connectivity index (χ2n) is 5.82. The van der Waals surface area contributed by atoms with Crippen molar-refractivity contribution in [2.75, 3.05) is 13.6 Å². The van der Waals surface area contributed by atoms with Crippen LogP contribution in [-0.2, 0) is 11.3 Å². The number of hydrogen-bond acceptors (Lipinski definition) is 3. The monoisotopic (exact) mass is 275 g/mol. The van der Waals surface area contributed by atoms with Crippen molar-refractivity contribution >= 4 is 5.91 Å². The van der Waals surface area contributed by atoms with E-state index in [-0.39, 0.29) is 18.0 Å². The summed E-state index contributed by atoms with van der Waals surface area (Å²) in [5, 5.41) is 2.96. The number of likely N-dealkylation sites (N-methyl/N-ethyl adjacent to an activating group) is 1. The van der Waals surface area contributed by atoms with Crippen molar-refractivity contribution in [1.82, 2.24) is 10.2 Å². The summed E-state index contributed by atoms with van der Waals surface area (Å²) in [6, 6.07) is 10.1. The van der Waals surface area contributed by atoms with Gasteiger partial charge in [-0.2, -0.15) is 0 Å². The van der Waals surface area contributed by atoms with Gasteiger partial charge in [0.25, 0.3) is 0 Å². The molecule has 1 aliphatic carbocycles. The topological polar surface area (TPSA) is 58.4 Å². The van der Waals surface area contributed by atoms with Crippen LogP contribution in [0.4, 0.5) is 0 Å².